The van der Waals surface area contributed by atoms with Crippen molar-refractivity contribution >= 4 is 23.5 Å². The molecule has 0 spiro atoms. The smallest absolute Gasteiger partial charge is 0.270 e. The van der Waals surface area contributed by atoms with Gasteiger partial charge in [-0.2, -0.15) is 11.8 Å². The molecule has 1 aromatic heterocycles. The number of nitrogen functional groups attached to an aromatic ring is 1. The van der Waals surface area contributed by atoms with E-state index in [1.807, 2.05) is 18.7 Å². The second kappa shape index (κ2) is 7.17. The van der Waals surface area contributed by atoms with Crippen LogP contribution < -0.4 is 11.1 Å². The van der Waals surface area contributed by atoms with Crippen LogP contribution in [0.2, 0.25) is 0 Å². The highest BCUT2D eigenvalue weighted by Crippen LogP contribution is 2.05. The standard InChI is InChI=1S/C12H19N3OS/c1-3-17-8-7-9(2)14-12(16)10-5-4-6-11(13)15-10/h4-6,9H,3,7-8H2,1-2H3,(H2,13,15)(H,14,16). The highest BCUT2D eigenvalue weighted by Gasteiger charge is 2.10. The number of amides is 1. The summed E-state index contributed by atoms with van der Waals surface area (Å²) in [6.07, 6.45) is 0.965. The van der Waals surface area contributed by atoms with Crippen molar-refractivity contribution in [3.63, 3.8) is 0 Å². The van der Waals surface area contributed by atoms with Crippen molar-refractivity contribution in [2.24, 2.45) is 0 Å². The number of pyridine rings is 1. The van der Waals surface area contributed by atoms with Gasteiger partial charge >= 0.3 is 0 Å². The summed E-state index contributed by atoms with van der Waals surface area (Å²) in [5.74, 6) is 2.37. The first-order valence-corrected chi connectivity index (χ1v) is 6.90. The first kappa shape index (κ1) is 13.8. The summed E-state index contributed by atoms with van der Waals surface area (Å²) in [6, 6.07) is 5.22. The van der Waals surface area contributed by atoms with Crippen molar-refractivity contribution in [1.82, 2.24) is 10.3 Å². The number of hydrogen-bond donors (Lipinski definition) is 2. The molecule has 17 heavy (non-hydrogen) atoms. The van der Waals surface area contributed by atoms with Crippen molar-refractivity contribution in [2.45, 2.75) is 26.3 Å². The van der Waals surface area contributed by atoms with E-state index in [1.54, 1.807) is 18.2 Å². The molecule has 0 bridgehead atoms. The van der Waals surface area contributed by atoms with Gasteiger partial charge in [0.05, 0.1) is 0 Å². The van der Waals surface area contributed by atoms with E-state index in [0.717, 1.165) is 17.9 Å². The molecule has 5 heteroatoms. The van der Waals surface area contributed by atoms with Gasteiger partial charge in [0.15, 0.2) is 0 Å². The minimum absolute atomic E-state index is 0.157. The fourth-order valence-corrected chi connectivity index (χ4v) is 2.16. The average molecular weight is 253 g/mol. The van der Waals surface area contributed by atoms with E-state index < -0.39 is 0 Å². The number of carbonyl (C=O) groups is 1. The van der Waals surface area contributed by atoms with Gasteiger partial charge in [0, 0.05) is 6.04 Å². The van der Waals surface area contributed by atoms with Crippen molar-refractivity contribution in [3.8, 4) is 0 Å². The zero-order chi connectivity index (χ0) is 12.7. The lowest BCUT2D eigenvalue weighted by atomic mass is 10.2. The molecule has 0 saturated carbocycles. The Hall–Kier alpha value is -1.23. The number of hydrogen-bond acceptors (Lipinski definition) is 4. The van der Waals surface area contributed by atoms with Gasteiger partial charge in [-0.15, -0.1) is 0 Å². The lowest BCUT2D eigenvalue weighted by Gasteiger charge is -2.13. The normalized spacial score (nSPS) is 12.1. The molecule has 0 aliphatic heterocycles. The van der Waals surface area contributed by atoms with Gasteiger partial charge in [-0.25, -0.2) is 4.98 Å². The Balaban J connectivity index is 2.43. The van der Waals surface area contributed by atoms with E-state index in [0.29, 0.717) is 11.5 Å². The van der Waals surface area contributed by atoms with Gasteiger partial charge < -0.3 is 11.1 Å². The molecule has 4 nitrogen and oxygen atoms in total. The maximum absolute atomic E-state index is 11.8. The lowest BCUT2D eigenvalue weighted by Crippen LogP contribution is -2.33. The van der Waals surface area contributed by atoms with Gasteiger partial charge in [-0.1, -0.05) is 13.0 Å². The van der Waals surface area contributed by atoms with Crippen LogP contribution in [0.5, 0.6) is 0 Å². The summed E-state index contributed by atoms with van der Waals surface area (Å²) < 4.78 is 0. The van der Waals surface area contributed by atoms with Crippen LogP contribution in [0.1, 0.15) is 30.8 Å². The minimum Gasteiger partial charge on any atom is -0.384 e. The Morgan fingerprint density at radius 2 is 2.35 bits per heavy atom. The maximum atomic E-state index is 11.8. The first-order chi connectivity index (χ1) is 8.13. The first-order valence-electron chi connectivity index (χ1n) is 5.74. The molecule has 1 rings (SSSR count). The number of carbonyl (C=O) groups excluding carboxylic acids is 1. The van der Waals surface area contributed by atoms with E-state index in [-0.39, 0.29) is 11.9 Å². The average Bonchev–Trinajstić information content (AvgIpc) is 2.29. The Morgan fingerprint density at radius 3 is 3.00 bits per heavy atom. The molecular weight excluding hydrogens is 234 g/mol. The maximum Gasteiger partial charge on any atom is 0.270 e. The number of nitrogens with two attached hydrogens (primary N) is 1. The summed E-state index contributed by atoms with van der Waals surface area (Å²) in [7, 11) is 0. The molecule has 0 saturated heterocycles. The van der Waals surface area contributed by atoms with Crippen LogP contribution in [0.25, 0.3) is 0 Å². The minimum atomic E-state index is -0.161. The molecular formula is C12H19N3OS. The summed E-state index contributed by atoms with van der Waals surface area (Å²) in [5.41, 5.74) is 5.91. The Kier molecular flexibility index (Phi) is 5.83. The summed E-state index contributed by atoms with van der Waals surface area (Å²) >= 11 is 1.87. The van der Waals surface area contributed by atoms with Crippen molar-refractivity contribution in [2.75, 3.05) is 17.2 Å². The van der Waals surface area contributed by atoms with Crippen LogP contribution in [0.4, 0.5) is 5.82 Å². The van der Waals surface area contributed by atoms with E-state index in [2.05, 4.69) is 17.2 Å². The van der Waals surface area contributed by atoms with Gasteiger partial charge in [-0.05, 0) is 37.0 Å². The third-order valence-electron chi connectivity index (χ3n) is 2.28. The van der Waals surface area contributed by atoms with Gasteiger partial charge in [0.1, 0.15) is 11.5 Å². The van der Waals surface area contributed by atoms with E-state index in [9.17, 15) is 4.79 Å². The number of nitrogens with one attached hydrogen (secondary N) is 1. The third kappa shape index (κ3) is 5.08. The van der Waals surface area contributed by atoms with Crippen molar-refractivity contribution < 1.29 is 4.79 Å². The predicted molar refractivity (Wildman–Crippen MR) is 73.2 cm³/mol. The largest absolute Gasteiger partial charge is 0.384 e. The number of anilines is 1. The predicted octanol–water partition coefficient (Wildman–Crippen LogP) is 1.93. The Bertz CT molecular complexity index is 371. The van der Waals surface area contributed by atoms with Crippen LogP contribution >= 0.6 is 11.8 Å². The molecule has 1 amide bonds. The van der Waals surface area contributed by atoms with Crippen molar-refractivity contribution in [3.05, 3.63) is 23.9 Å². The zero-order valence-corrected chi connectivity index (χ0v) is 11.1. The molecule has 0 radical (unpaired) electrons. The molecule has 1 heterocycles. The fraction of sp³-hybridized carbons (Fsp3) is 0.500. The van der Waals surface area contributed by atoms with Gasteiger partial charge in [0.25, 0.3) is 5.91 Å². The molecule has 3 N–H and O–H groups in total. The molecule has 1 unspecified atom stereocenters. The molecule has 94 valence electrons. The highest BCUT2D eigenvalue weighted by molar-refractivity contribution is 7.99. The highest BCUT2D eigenvalue weighted by atomic mass is 32.2. The number of nitrogens with zero attached hydrogens (tertiary/aromatic N) is 1. The van der Waals surface area contributed by atoms with Crippen LogP contribution in [0.3, 0.4) is 0 Å². The molecule has 1 aromatic rings. The number of thioether (sulfide) groups is 1. The van der Waals surface area contributed by atoms with Gasteiger partial charge in [-0.3, -0.25) is 4.79 Å². The fourth-order valence-electron chi connectivity index (χ4n) is 1.35. The molecule has 0 fully saturated rings. The molecule has 0 aliphatic carbocycles. The Morgan fingerprint density at radius 1 is 1.59 bits per heavy atom. The summed E-state index contributed by atoms with van der Waals surface area (Å²) in [4.78, 5) is 15.8. The van der Waals surface area contributed by atoms with Crippen LogP contribution in [-0.4, -0.2) is 28.4 Å². The zero-order valence-electron chi connectivity index (χ0n) is 10.3. The lowest BCUT2D eigenvalue weighted by molar-refractivity contribution is 0.0934. The molecule has 0 aliphatic rings. The molecule has 1 atom stereocenters. The quantitative estimate of drug-likeness (QED) is 0.760. The third-order valence-corrected chi connectivity index (χ3v) is 3.21. The van der Waals surface area contributed by atoms with E-state index in [4.69, 9.17) is 5.73 Å². The Labute approximate surface area is 106 Å². The summed E-state index contributed by atoms with van der Waals surface area (Å²) in [6.45, 7) is 4.13. The van der Waals surface area contributed by atoms with E-state index >= 15 is 0 Å². The van der Waals surface area contributed by atoms with Crippen molar-refractivity contribution in [1.29, 1.82) is 0 Å². The summed E-state index contributed by atoms with van der Waals surface area (Å²) in [5, 5.41) is 2.91. The van der Waals surface area contributed by atoms with Gasteiger partial charge in [0.2, 0.25) is 0 Å². The van der Waals surface area contributed by atoms with E-state index in [1.165, 1.54) is 0 Å². The SMILES string of the molecule is CCSCCC(C)NC(=O)c1cccc(N)n1. The topological polar surface area (TPSA) is 68.0 Å². The second-order valence-electron chi connectivity index (χ2n) is 3.81. The van der Waals surface area contributed by atoms with Crippen LogP contribution in [-0.2, 0) is 0 Å². The molecule has 0 aromatic carbocycles. The van der Waals surface area contributed by atoms with Crippen LogP contribution in [0.15, 0.2) is 18.2 Å². The monoisotopic (exact) mass is 253 g/mol. The van der Waals surface area contributed by atoms with Crippen LogP contribution in [0, 0.1) is 0 Å². The number of rotatable bonds is 6. The number of aromatic nitrogens is 1. The second-order valence-corrected chi connectivity index (χ2v) is 5.20.